The highest BCUT2D eigenvalue weighted by Crippen LogP contribution is 2.12. The molecule has 0 aromatic rings. The number of carbonyl (C=O) groups is 1. The molecule has 0 saturated carbocycles. The van der Waals surface area contributed by atoms with E-state index in [4.69, 9.17) is 0 Å². The number of nitrogens with one attached hydrogen (secondary N) is 1. The Bertz CT molecular complexity index is 295. The molecule has 4 heteroatoms. The highest BCUT2D eigenvalue weighted by molar-refractivity contribution is 5.90. The van der Waals surface area contributed by atoms with E-state index in [1.807, 2.05) is 27.7 Å². The monoisotopic (exact) mass is 209 g/mol. The number of hydrogen-bond acceptors (Lipinski definition) is 3. The first-order valence-electron chi connectivity index (χ1n) is 4.90. The molecule has 1 N–H and O–H groups in total. The Morgan fingerprint density at radius 3 is 2.20 bits per heavy atom. The van der Waals surface area contributed by atoms with E-state index in [-0.39, 0.29) is 5.91 Å². The van der Waals surface area contributed by atoms with Gasteiger partial charge < -0.3 is 5.32 Å². The van der Waals surface area contributed by atoms with E-state index in [1.54, 1.807) is 19.2 Å². The van der Waals surface area contributed by atoms with Gasteiger partial charge in [0.2, 0.25) is 5.91 Å². The topological polar surface area (TPSA) is 53.8 Å². The van der Waals surface area contributed by atoms with E-state index < -0.39 is 5.41 Å². The summed E-state index contributed by atoms with van der Waals surface area (Å²) in [5.41, 5.74) is 0.247. The molecule has 0 aliphatic heterocycles. The maximum absolute atomic E-state index is 11.6. The molecule has 0 aliphatic carbocycles. The Kier molecular flexibility index (Phi) is 5.52. The standard InChI is InChI=1S/C11H19N3O/c1-6-9(8-13-12-7-2)14-10(15)11(3,4)5/h6-8H,1-5H3,(H,14,15)/b9-6+,12-7-,13-8-. The minimum atomic E-state index is -0.407. The molecule has 0 atom stereocenters. The lowest BCUT2D eigenvalue weighted by molar-refractivity contribution is -0.127. The maximum atomic E-state index is 11.6. The van der Waals surface area contributed by atoms with Gasteiger partial charge in [-0.3, -0.25) is 4.79 Å². The fourth-order valence-corrected chi connectivity index (χ4v) is 0.660. The predicted octanol–water partition coefficient (Wildman–Crippen LogP) is 2.13. The Morgan fingerprint density at radius 2 is 1.80 bits per heavy atom. The molecular weight excluding hydrogens is 190 g/mol. The third kappa shape index (κ3) is 5.78. The van der Waals surface area contributed by atoms with Crippen molar-refractivity contribution in [1.29, 1.82) is 0 Å². The highest BCUT2D eigenvalue weighted by Gasteiger charge is 2.21. The normalized spacial score (nSPS) is 13.8. The van der Waals surface area contributed by atoms with Crippen molar-refractivity contribution in [3.63, 3.8) is 0 Å². The van der Waals surface area contributed by atoms with Crippen molar-refractivity contribution in [1.82, 2.24) is 5.32 Å². The summed E-state index contributed by atoms with van der Waals surface area (Å²) in [6.07, 6.45) is 4.87. The van der Waals surface area contributed by atoms with Crippen molar-refractivity contribution >= 4 is 18.3 Å². The van der Waals surface area contributed by atoms with Gasteiger partial charge in [0.25, 0.3) is 0 Å². The Labute approximate surface area is 91.2 Å². The highest BCUT2D eigenvalue weighted by atomic mass is 16.2. The summed E-state index contributed by atoms with van der Waals surface area (Å²) in [4.78, 5) is 11.6. The van der Waals surface area contributed by atoms with Gasteiger partial charge in [0, 0.05) is 11.6 Å². The molecule has 0 aromatic carbocycles. The van der Waals surface area contributed by atoms with E-state index in [0.29, 0.717) is 5.70 Å². The summed E-state index contributed by atoms with van der Waals surface area (Å²) in [5, 5.41) is 10.2. The van der Waals surface area contributed by atoms with Gasteiger partial charge in [-0.15, -0.1) is 0 Å². The van der Waals surface area contributed by atoms with Gasteiger partial charge in [0.15, 0.2) is 0 Å². The van der Waals surface area contributed by atoms with E-state index in [9.17, 15) is 4.79 Å². The second-order valence-corrected chi connectivity index (χ2v) is 4.07. The van der Waals surface area contributed by atoms with E-state index in [0.717, 1.165) is 0 Å². The lowest BCUT2D eigenvalue weighted by atomic mass is 9.95. The third-order valence-electron chi connectivity index (χ3n) is 1.63. The van der Waals surface area contributed by atoms with Crippen LogP contribution in [-0.4, -0.2) is 18.3 Å². The zero-order chi connectivity index (χ0) is 11.9. The van der Waals surface area contributed by atoms with Gasteiger partial charge in [0.1, 0.15) is 0 Å². The molecule has 84 valence electrons. The molecule has 0 spiro atoms. The fraction of sp³-hybridized carbons (Fsp3) is 0.545. The average molecular weight is 209 g/mol. The first-order chi connectivity index (χ1) is 6.91. The molecule has 15 heavy (non-hydrogen) atoms. The Hall–Kier alpha value is -1.45. The van der Waals surface area contributed by atoms with Crippen molar-refractivity contribution in [3.05, 3.63) is 11.8 Å². The number of amides is 1. The third-order valence-corrected chi connectivity index (χ3v) is 1.63. The van der Waals surface area contributed by atoms with E-state index in [1.165, 1.54) is 6.21 Å². The first-order valence-corrected chi connectivity index (χ1v) is 4.90. The molecule has 0 heterocycles. The van der Waals surface area contributed by atoms with Crippen LogP contribution in [0.15, 0.2) is 22.0 Å². The van der Waals surface area contributed by atoms with Crippen LogP contribution in [0.3, 0.4) is 0 Å². The van der Waals surface area contributed by atoms with Crippen molar-refractivity contribution < 1.29 is 4.79 Å². The molecule has 1 amide bonds. The molecule has 0 radical (unpaired) electrons. The molecule has 0 aromatic heterocycles. The van der Waals surface area contributed by atoms with Gasteiger partial charge in [-0.2, -0.15) is 10.2 Å². The molecule has 0 aliphatic rings. The fourth-order valence-electron chi connectivity index (χ4n) is 0.660. The summed E-state index contributed by atoms with van der Waals surface area (Å²) in [6, 6.07) is 0. The lowest BCUT2D eigenvalue weighted by Gasteiger charge is -2.17. The molecule has 0 fully saturated rings. The summed E-state index contributed by atoms with van der Waals surface area (Å²) in [7, 11) is 0. The van der Waals surface area contributed by atoms with Crippen molar-refractivity contribution in [2.45, 2.75) is 34.6 Å². The van der Waals surface area contributed by atoms with Gasteiger partial charge >= 0.3 is 0 Å². The summed E-state index contributed by atoms with van der Waals surface area (Å²) in [5.74, 6) is -0.0393. The van der Waals surface area contributed by atoms with Crippen LogP contribution >= 0.6 is 0 Å². The Morgan fingerprint density at radius 1 is 1.20 bits per heavy atom. The second kappa shape index (κ2) is 6.11. The van der Waals surface area contributed by atoms with Gasteiger partial charge in [-0.1, -0.05) is 26.8 Å². The van der Waals surface area contributed by atoms with Crippen LogP contribution < -0.4 is 5.32 Å². The Balaban J connectivity index is 4.44. The zero-order valence-electron chi connectivity index (χ0n) is 10.0. The molecule has 0 bridgehead atoms. The van der Waals surface area contributed by atoms with Crippen LogP contribution in [0.4, 0.5) is 0 Å². The van der Waals surface area contributed by atoms with Gasteiger partial charge in [0.05, 0.1) is 11.9 Å². The minimum absolute atomic E-state index is 0.0393. The summed E-state index contributed by atoms with van der Waals surface area (Å²) < 4.78 is 0. The van der Waals surface area contributed by atoms with Crippen LogP contribution in [0.1, 0.15) is 34.6 Å². The van der Waals surface area contributed by atoms with Crippen LogP contribution in [-0.2, 0) is 4.79 Å². The summed E-state index contributed by atoms with van der Waals surface area (Å²) in [6.45, 7) is 9.19. The van der Waals surface area contributed by atoms with Gasteiger partial charge in [-0.05, 0) is 13.8 Å². The predicted molar refractivity (Wildman–Crippen MR) is 64.0 cm³/mol. The molecule has 0 saturated heterocycles. The quantitative estimate of drug-likeness (QED) is 0.562. The number of carbonyl (C=O) groups excluding carboxylic acids is 1. The second-order valence-electron chi connectivity index (χ2n) is 4.07. The molecular formula is C11H19N3O. The number of hydrogen-bond donors (Lipinski definition) is 1. The smallest absolute Gasteiger partial charge is 0.229 e. The first kappa shape index (κ1) is 13.5. The SMILES string of the molecule is C\C=N/N=C\C(=C/C)NC(=O)C(C)(C)C. The average Bonchev–Trinajstić information content (AvgIpc) is 2.14. The lowest BCUT2D eigenvalue weighted by Crippen LogP contribution is -2.34. The van der Waals surface area contributed by atoms with E-state index in [2.05, 4.69) is 15.5 Å². The van der Waals surface area contributed by atoms with E-state index >= 15 is 0 Å². The number of allylic oxidation sites excluding steroid dienone is 2. The zero-order valence-corrected chi connectivity index (χ0v) is 10.0. The summed E-state index contributed by atoms with van der Waals surface area (Å²) >= 11 is 0. The van der Waals surface area contributed by atoms with Crippen molar-refractivity contribution in [2.24, 2.45) is 15.6 Å². The van der Waals surface area contributed by atoms with Gasteiger partial charge in [-0.25, -0.2) is 0 Å². The molecule has 4 nitrogen and oxygen atoms in total. The van der Waals surface area contributed by atoms with Crippen LogP contribution in [0.25, 0.3) is 0 Å². The largest absolute Gasteiger partial charge is 0.324 e. The molecule has 0 rings (SSSR count). The number of rotatable bonds is 3. The van der Waals surface area contributed by atoms with Crippen LogP contribution in [0.5, 0.6) is 0 Å². The van der Waals surface area contributed by atoms with Crippen molar-refractivity contribution in [2.75, 3.05) is 0 Å². The number of nitrogens with zero attached hydrogens (tertiary/aromatic N) is 2. The van der Waals surface area contributed by atoms with Crippen LogP contribution in [0, 0.1) is 5.41 Å². The van der Waals surface area contributed by atoms with Crippen LogP contribution in [0.2, 0.25) is 0 Å². The maximum Gasteiger partial charge on any atom is 0.229 e. The van der Waals surface area contributed by atoms with Crippen molar-refractivity contribution in [3.8, 4) is 0 Å². The molecule has 0 unspecified atom stereocenters. The minimum Gasteiger partial charge on any atom is -0.324 e.